The zero-order chi connectivity index (χ0) is 25.7. The molecule has 3 aliphatic rings. The molecule has 9 nitrogen and oxygen atoms in total. The molecule has 10 heteroatoms. The first-order chi connectivity index (χ1) is 18.0. The van der Waals surface area contributed by atoms with Crippen molar-refractivity contribution < 1.29 is 19.3 Å². The van der Waals surface area contributed by atoms with Crippen molar-refractivity contribution in [3.63, 3.8) is 0 Å². The van der Waals surface area contributed by atoms with Gasteiger partial charge in [0.25, 0.3) is 0 Å². The molecular formula is C27H22ClN5O4. The maximum Gasteiger partial charge on any atom is 0.150 e. The highest BCUT2D eigenvalue weighted by atomic mass is 35.5. The standard InChI is InChI=1S/C27H22ClN5O4/c1-35-20-3-2-4-21(18(20)11-29)37-17-7-5-15(6-8-17)23-24-25(30)31-12-22(28)33(24)26(32-23)19-13-36-27(14-34)9-16(19)10-27/h2-8,12,34H,9-10,13-14H2,1H3,(H2,30,31). The van der Waals surface area contributed by atoms with E-state index < -0.39 is 5.60 Å². The molecule has 3 N–H and O–H groups in total. The summed E-state index contributed by atoms with van der Waals surface area (Å²) < 4.78 is 19.0. The number of imidazole rings is 1. The number of halogens is 1. The lowest BCUT2D eigenvalue weighted by molar-refractivity contribution is -0.103. The van der Waals surface area contributed by atoms with Gasteiger partial charge in [0.15, 0.2) is 0 Å². The first kappa shape index (κ1) is 23.3. The first-order valence-electron chi connectivity index (χ1n) is 11.6. The lowest BCUT2D eigenvalue weighted by atomic mass is 9.71. The number of aliphatic hydroxyl groups excluding tert-OH is 1. The van der Waals surface area contributed by atoms with Crippen LogP contribution < -0.4 is 15.2 Å². The van der Waals surface area contributed by atoms with Crippen molar-refractivity contribution in [2.24, 2.45) is 0 Å². The van der Waals surface area contributed by atoms with Crippen LogP contribution in [0.4, 0.5) is 5.82 Å². The smallest absolute Gasteiger partial charge is 0.150 e. The molecule has 1 aliphatic carbocycles. The Hall–Kier alpha value is -4.10. The Bertz CT molecular complexity index is 1610. The van der Waals surface area contributed by atoms with Gasteiger partial charge < -0.3 is 25.1 Å². The van der Waals surface area contributed by atoms with Crippen LogP contribution in [0.1, 0.15) is 24.2 Å². The molecule has 0 radical (unpaired) electrons. The Morgan fingerprint density at radius 3 is 2.62 bits per heavy atom. The number of rotatable bonds is 6. The molecule has 2 bridgehead atoms. The summed E-state index contributed by atoms with van der Waals surface area (Å²) in [5.41, 5.74) is 10.3. The van der Waals surface area contributed by atoms with Crippen LogP contribution >= 0.6 is 11.6 Å². The molecular weight excluding hydrogens is 494 g/mol. The van der Waals surface area contributed by atoms with Crippen molar-refractivity contribution in [2.75, 3.05) is 26.1 Å². The van der Waals surface area contributed by atoms with Gasteiger partial charge in [-0.15, -0.1) is 0 Å². The molecule has 4 aromatic rings. The number of hydrogen-bond acceptors (Lipinski definition) is 8. The van der Waals surface area contributed by atoms with Gasteiger partial charge in [0.2, 0.25) is 0 Å². The van der Waals surface area contributed by atoms with Crippen LogP contribution in [0.3, 0.4) is 0 Å². The van der Waals surface area contributed by atoms with Crippen molar-refractivity contribution in [1.29, 1.82) is 5.26 Å². The van der Waals surface area contributed by atoms with Crippen LogP contribution in [-0.2, 0) is 4.74 Å². The maximum atomic E-state index is 9.67. The zero-order valence-electron chi connectivity index (χ0n) is 19.9. The van der Waals surface area contributed by atoms with E-state index in [9.17, 15) is 10.4 Å². The first-order valence-corrected chi connectivity index (χ1v) is 12.0. The van der Waals surface area contributed by atoms with Crippen molar-refractivity contribution in [3.05, 3.63) is 70.8 Å². The molecule has 2 aliphatic heterocycles. The molecule has 0 spiro atoms. The van der Waals surface area contributed by atoms with Gasteiger partial charge in [0.1, 0.15) is 56.9 Å². The topological polar surface area (TPSA) is 128 Å². The Balaban J connectivity index is 1.40. The fourth-order valence-electron chi connectivity index (χ4n) is 4.94. The average molecular weight is 516 g/mol. The van der Waals surface area contributed by atoms with Crippen LogP contribution in [0.2, 0.25) is 5.15 Å². The number of hydrogen-bond donors (Lipinski definition) is 2. The van der Waals surface area contributed by atoms with Gasteiger partial charge in [-0.3, -0.25) is 4.40 Å². The number of ether oxygens (including phenoxy) is 3. The Labute approximate surface area is 217 Å². The molecule has 4 heterocycles. The van der Waals surface area contributed by atoms with Gasteiger partial charge in [-0.25, -0.2) is 9.97 Å². The summed E-state index contributed by atoms with van der Waals surface area (Å²) in [6, 6.07) is 14.6. The molecule has 186 valence electrons. The van der Waals surface area contributed by atoms with E-state index in [4.69, 9.17) is 36.5 Å². The summed E-state index contributed by atoms with van der Waals surface area (Å²) in [4.78, 5) is 9.20. The van der Waals surface area contributed by atoms with Crippen LogP contribution in [0.25, 0.3) is 22.3 Å². The summed E-state index contributed by atoms with van der Waals surface area (Å²) in [6.07, 6.45) is 2.84. The Kier molecular flexibility index (Phi) is 5.53. The van der Waals surface area contributed by atoms with E-state index in [1.54, 1.807) is 34.7 Å². The molecule has 1 saturated carbocycles. The second kappa shape index (κ2) is 8.78. The van der Waals surface area contributed by atoms with E-state index in [1.807, 2.05) is 12.1 Å². The van der Waals surface area contributed by atoms with Crippen molar-refractivity contribution in [2.45, 2.75) is 18.4 Å². The molecule has 1 fully saturated rings. The van der Waals surface area contributed by atoms with Crippen LogP contribution in [0.15, 0.2) is 54.2 Å². The summed E-state index contributed by atoms with van der Waals surface area (Å²) in [7, 11) is 1.51. The number of nitrogens with zero attached hydrogens (tertiary/aromatic N) is 4. The molecule has 2 aromatic carbocycles. The van der Waals surface area contributed by atoms with Gasteiger partial charge in [-0.05, 0) is 36.4 Å². The monoisotopic (exact) mass is 515 g/mol. The third kappa shape index (κ3) is 3.69. The number of anilines is 1. The number of methoxy groups -OCH3 is 1. The highest BCUT2D eigenvalue weighted by Crippen LogP contribution is 2.49. The second-order valence-electron chi connectivity index (χ2n) is 9.07. The number of benzene rings is 2. The van der Waals surface area contributed by atoms with Gasteiger partial charge in [0, 0.05) is 24.0 Å². The molecule has 0 unspecified atom stereocenters. The number of nitrogen functional groups attached to an aromatic ring is 1. The summed E-state index contributed by atoms with van der Waals surface area (Å²) in [5.74, 6) is 2.34. The average Bonchev–Trinajstić information content (AvgIpc) is 3.32. The van der Waals surface area contributed by atoms with Crippen molar-refractivity contribution in [1.82, 2.24) is 14.4 Å². The molecule has 37 heavy (non-hydrogen) atoms. The fraction of sp³-hybridized carbons (Fsp3) is 0.222. The van der Waals surface area contributed by atoms with E-state index in [-0.39, 0.29) is 6.61 Å². The summed E-state index contributed by atoms with van der Waals surface area (Å²) in [6.45, 7) is 0.330. The Morgan fingerprint density at radius 2 is 1.97 bits per heavy atom. The summed E-state index contributed by atoms with van der Waals surface area (Å²) >= 11 is 6.58. The van der Waals surface area contributed by atoms with Crippen molar-refractivity contribution >= 4 is 28.5 Å². The normalized spacial score (nSPS) is 15.8. The predicted molar refractivity (Wildman–Crippen MR) is 138 cm³/mol. The van der Waals surface area contributed by atoms with E-state index in [0.717, 1.165) is 11.1 Å². The van der Waals surface area contributed by atoms with Crippen molar-refractivity contribution in [3.8, 4) is 34.6 Å². The lowest BCUT2D eigenvalue weighted by Crippen LogP contribution is -2.49. The number of aromatic nitrogens is 3. The third-order valence-corrected chi connectivity index (χ3v) is 7.16. The number of nitriles is 1. The predicted octanol–water partition coefficient (Wildman–Crippen LogP) is 4.61. The largest absolute Gasteiger partial charge is 0.495 e. The summed E-state index contributed by atoms with van der Waals surface area (Å²) in [5, 5.41) is 19.6. The zero-order valence-corrected chi connectivity index (χ0v) is 20.6. The van der Waals surface area contributed by atoms with E-state index in [0.29, 0.717) is 70.3 Å². The third-order valence-electron chi connectivity index (χ3n) is 6.90. The molecule has 0 saturated heterocycles. The van der Waals surface area contributed by atoms with E-state index >= 15 is 0 Å². The fourth-order valence-corrected chi connectivity index (χ4v) is 5.16. The molecule has 0 atom stereocenters. The minimum Gasteiger partial charge on any atom is -0.495 e. The maximum absolute atomic E-state index is 9.67. The highest BCUT2D eigenvalue weighted by Gasteiger charge is 2.47. The quantitative estimate of drug-likeness (QED) is 0.381. The van der Waals surface area contributed by atoms with Gasteiger partial charge in [-0.2, -0.15) is 5.26 Å². The number of nitrogens with two attached hydrogens (primary N) is 1. The van der Waals surface area contributed by atoms with E-state index in [1.165, 1.54) is 18.9 Å². The number of fused-ring (bicyclic) bond motifs is 3. The van der Waals surface area contributed by atoms with Gasteiger partial charge in [-0.1, -0.05) is 23.2 Å². The minimum atomic E-state index is -0.469. The number of aliphatic hydroxyl groups is 1. The minimum absolute atomic E-state index is 0.00493. The van der Waals surface area contributed by atoms with Crippen LogP contribution in [0, 0.1) is 11.3 Å². The SMILES string of the molecule is COc1cccc(Oc2ccc(-c3nc(C4=C5CC(CO)(C5)OC4)n4c(Cl)cnc(N)c34)cc2)c1C#N. The lowest BCUT2D eigenvalue weighted by Gasteiger charge is -2.47. The van der Waals surface area contributed by atoms with Crippen LogP contribution in [0.5, 0.6) is 17.2 Å². The highest BCUT2D eigenvalue weighted by molar-refractivity contribution is 6.30. The van der Waals surface area contributed by atoms with E-state index in [2.05, 4.69) is 11.1 Å². The van der Waals surface area contributed by atoms with Crippen LogP contribution in [-0.4, -0.2) is 45.4 Å². The Morgan fingerprint density at radius 1 is 1.22 bits per heavy atom. The molecule has 7 rings (SSSR count). The molecule has 2 aromatic heterocycles. The van der Waals surface area contributed by atoms with Gasteiger partial charge in [0.05, 0.1) is 32.1 Å². The molecule has 0 amide bonds. The van der Waals surface area contributed by atoms with Gasteiger partial charge >= 0.3 is 0 Å². The second-order valence-corrected chi connectivity index (χ2v) is 9.46.